The zero-order valence-corrected chi connectivity index (χ0v) is 11.4. The van der Waals surface area contributed by atoms with E-state index in [9.17, 15) is 0 Å². The fourth-order valence-corrected chi connectivity index (χ4v) is 2.06. The lowest BCUT2D eigenvalue weighted by Gasteiger charge is -2.27. The van der Waals surface area contributed by atoms with Gasteiger partial charge in [0.15, 0.2) is 0 Å². The predicted octanol–water partition coefficient (Wildman–Crippen LogP) is 2.90. The highest BCUT2D eigenvalue weighted by molar-refractivity contribution is 5.14. The quantitative estimate of drug-likeness (QED) is 0.696. The smallest absolute Gasteiger partial charge is 0.0234 e. The minimum absolute atomic E-state index is 0.627. The Hall–Kier alpha value is -0.860. The van der Waals surface area contributed by atoms with Crippen LogP contribution in [0.1, 0.15) is 32.3 Å². The van der Waals surface area contributed by atoms with Crippen LogP contribution in [0.2, 0.25) is 0 Å². The normalized spacial score (nSPS) is 12.9. The highest BCUT2D eigenvalue weighted by Crippen LogP contribution is 2.07. The van der Waals surface area contributed by atoms with Crippen molar-refractivity contribution in [2.75, 3.05) is 20.1 Å². The third-order valence-corrected chi connectivity index (χ3v) is 3.18. The second-order valence-electron chi connectivity index (χ2n) is 4.67. The first-order valence-corrected chi connectivity index (χ1v) is 6.72. The van der Waals surface area contributed by atoms with Crippen LogP contribution in [-0.4, -0.2) is 31.1 Å². The predicted molar refractivity (Wildman–Crippen MR) is 75.1 cm³/mol. The molecule has 0 fully saturated rings. The molecule has 0 spiro atoms. The summed E-state index contributed by atoms with van der Waals surface area (Å²) in [5.74, 6) is 0. The summed E-state index contributed by atoms with van der Waals surface area (Å²) in [6, 6.07) is 11.3. The van der Waals surface area contributed by atoms with Gasteiger partial charge in [-0.25, -0.2) is 0 Å². The van der Waals surface area contributed by atoms with Gasteiger partial charge in [-0.1, -0.05) is 44.2 Å². The van der Waals surface area contributed by atoms with Crippen molar-refractivity contribution in [3.8, 4) is 0 Å². The van der Waals surface area contributed by atoms with Crippen molar-refractivity contribution in [1.29, 1.82) is 0 Å². The standard InChI is InChI=1S/C15H26N2/c1-4-11-16-12-15(5-2)17(3)13-14-9-7-6-8-10-14/h6-10,15-16H,4-5,11-13H2,1-3H3. The lowest BCUT2D eigenvalue weighted by molar-refractivity contribution is 0.221. The minimum atomic E-state index is 0.627. The molecule has 2 nitrogen and oxygen atoms in total. The Morgan fingerprint density at radius 2 is 1.88 bits per heavy atom. The highest BCUT2D eigenvalue weighted by atomic mass is 15.1. The van der Waals surface area contributed by atoms with Crippen LogP contribution in [0.3, 0.4) is 0 Å². The number of nitrogens with zero attached hydrogens (tertiary/aromatic N) is 1. The maximum atomic E-state index is 3.51. The summed E-state index contributed by atoms with van der Waals surface area (Å²) < 4.78 is 0. The molecular formula is C15H26N2. The van der Waals surface area contributed by atoms with Crippen LogP contribution in [0.15, 0.2) is 30.3 Å². The van der Waals surface area contributed by atoms with Crippen LogP contribution >= 0.6 is 0 Å². The minimum Gasteiger partial charge on any atom is -0.315 e. The molecule has 0 amide bonds. The number of likely N-dealkylation sites (N-methyl/N-ethyl adjacent to an activating group) is 1. The molecule has 1 atom stereocenters. The first-order chi connectivity index (χ1) is 8.27. The zero-order chi connectivity index (χ0) is 12.5. The molecule has 0 aliphatic carbocycles. The fourth-order valence-electron chi connectivity index (χ4n) is 2.06. The maximum absolute atomic E-state index is 3.51. The number of rotatable bonds is 8. The van der Waals surface area contributed by atoms with Crippen molar-refractivity contribution >= 4 is 0 Å². The molecule has 1 rings (SSSR count). The molecule has 1 unspecified atom stereocenters. The van der Waals surface area contributed by atoms with E-state index in [2.05, 4.69) is 61.4 Å². The van der Waals surface area contributed by atoms with E-state index in [0.717, 1.165) is 19.6 Å². The van der Waals surface area contributed by atoms with E-state index in [0.29, 0.717) is 6.04 Å². The van der Waals surface area contributed by atoms with Crippen LogP contribution in [0.4, 0.5) is 0 Å². The SMILES string of the molecule is CCCNCC(CC)N(C)Cc1ccccc1. The number of hydrogen-bond donors (Lipinski definition) is 1. The van der Waals surface area contributed by atoms with Gasteiger partial charge >= 0.3 is 0 Å². The number of benzene rings is 1. The molecule has 2 heteroatoms. The molecule has 1 N–H and O–H groups in total. The van der Waals surface area contributed by atoms with E-state index < -0.39 is 0 Å². The van der Waals surface area contributed by atoms with Crippen LogP contribution in [0.25, 0.3) is 0 Å². The largest absolute Gasteiger partial charge is 0.315 e. The van der Waals surface area contributed by atoms with E-state index in [4.69, 9.17) is 0 Å². The molecular weight excluding hydrogens is 208 g/mol. The molecule has 0 aliphatic heterocycles. The molecule has 0 radical (unpaired) electrons. The molecule has 0 saturated heterocycles. The lowest BCUT2D eigenvalue weighted by Crippen LogP contribution is -2.39. The molecule has 1 aromatic carbocycles. The van der Waals surface area contributed by atoms with Gasteiger partial charge in [0, 0.05) is 19.1 Å². The van der Waals surface area contributed by atoms with Crippen molar-refractivity contribution in [3.63, 3.8) is 0 Å². The van der Waals surface area contributed by atoms with Gasteiger partial charge in [0.1, 0.15) is 0 Å². The molecule has 0 saturated carbocycles. The second kappa shape index (κ2) is 8.26. The molecule has 1 aromatic rings. The Morgan fingerprint density at radius 3 is 2.47 bits per heavy atom. The van der Waals surface area contributed by atoms with Crippen LogP contribution in [-0.2, 0) is 6.54 Å². The fraction of sp³-hybridized carbons (Fsp3) is 0.600. The van der Waals surface area contributed by atoms with E-state index >= 15 is 0 Å². The summed E-state index contributed by atoms with van der Waals surface area (Å²) in [5, 5.41) is 3.51. The summed E-state index contributed by atoms with van der Waals surface area (Å²) in [6.45, 7) is 7.72. The average molecular weight is 234 g/mol. The van der Waals surface area contributed by atoms with Crippen molar-refractivity contribution in [2.45, 2.75) is 39.3 Å². The van der Waals surface area contributed by atoms with Crippen LogP contribution in [0.5, 0.6) is 0 Å². The Morgan fingerprint density at radius 1 is 1.18 bits per heavy atom. The molecule has 17 heavy (non-hydrogen) atoms. The summed E-state index contributed by atoms with van der Waals surface area (Å²) in [7, 11) is 2.22. The summed E-state index contributed by atoms with van der Waals surface area (Å²) in [5.41, 5.74) is 1.39. The Bertz CT molecular complexity index is 284. The average Bonchev–Trinajstić information content (AvgIpc) is 2.36. The number of hydrogen-bond acceptors (Lipinski definition) is 2. The van der Waals surface area contributed by atoms with Gasteiger partial charge in [-0.05, 0) is 32.0 Å². The third kappa shape index (κ3) is 5.33. The Balaban J connectivity index is 2.40. The van der Waals surface area contributed by atoms with Crippen molar-refractivity contribution in [3.05, 3.63) is 35.9 Å². The Labute approximate surface area is 106 Å². The lowest BCUT2D eigenvalue weighted by atomic mass is 10.1. The first kappa shape index (κ1) is 14.2. The highest BCUT2D eigenvalue weighted by Gasteiger charge is 2.11. The van der Waals surface area contributed by atoms with E-state index in [1.807, 2.05) is 0 Å². The zero-order valence-electron chi connectivity index (χ0n) is 11.4. The van der Waals surface area contributed by atoms with Gasteiger partial charge < -0.3 is 5.32 Å². The number of nitrogens with one attached hydrogen (secondary N) is 1. The van der Waals surface area contributed by atoms with Gasteiger partial charge in [0.25, 0.3) is 0 Å². The molecule has 96 valence electrons. The van der Waals surface area contributed by atoms with Gasteiger partial charge in [-0.2, -0.15) is 0 Å². The second-order valence-corrected chi connectivity index (χ2v) is 4.67. The third-order valence-electron chi connectivity index (χ3n) is 3.18. The summed E-state index contributed by atoms with van der Waals surface area (Å²) >= 11 is 0. The first-order valence-electron chi connectivity index (χ1n) is 6.72. The van der Waals surface area contributed by atoms with Gasteiger partial charge in [-0.3, -0.25) is 4.90 Å². The van der Waals surface area contributed by atoms with Gasteiger partial charge in [0.2, 0.25) is 0 Å². The summed E-state index contributed by atoms with van der Waals surface area (Å²) in [4.78, 5) is 2.44. The van der Waals surface area contributed by atoms with E-state index in [1.165, 1.54) is 18.4 Å². The van der Waals surface area contributed by atoms with E-state index in [-0.39, 0.29) is 0 Å². The van der Waals surface area contributed by atoms with Crippen LogP contribution in [0, 0.1) is 0 Å². The van der Waals surface area contributed by atoms with Crippen molar-refractivity contribution in [2.24, 2.45) is 0 Å². The van der Waals surface area contributed by atoms with E-state index in [1.54, 1.807) is 0 Å². The summed E-state index contributed by atoms with van der Waals surface area (Å²) in [6.07, 6.45) is 2.40. The van der Waals surface area contributed by atoms with Gasteiger partial charge in [0.05, 0.1) is 0 Å². The van der Waals surface area contributed by atoms with Crippen LogP contribution < -0.4 is 5.32 Å². The monoisotopic (exact) mass is 234 g/mol. The molecule has 0 heterocycles. The molecule has 0 bridgehead atoms. The molecule has 0 aliphatic rings. The van der Waals surface area contributed by atoms with Gasteiger partial charge in [-0.15, -0.1) is 0 Å². The topological polar surface area (TPSA) is 15.3 Å². The molecule has 0 aromatic heterocycles. The Kier molecular flexibility index (Phi) is 6.90. The van der Waals surface area contributed by atoms with Crippen molar-refractivity contribution in [1.82, 2.24) is 10.2 Å². The maximum Gasteiger partial charge on any atom is 0.0234 e. The van der Waals surface area contributed by atoms with Crippen molar-refractivity contribution < 1.29 is 0 Å².